The third kappa shape index (κ3) is 6.11. The van der Waals surface area contributed by atoms with Gasteiger partial charge in [-0.25, -0.2) is 4.79 Å². The van der Waals surface area contributed by atoms with Crippen LogP contribution >= 0.6 is 0 Å². The van der Waals surface area contributed by atoms with Gasteiger partial charge in [0.1, 0.15) is 6.04 Å². The Balaban J connectivity index is 4.41. The van der Waals surface area contributed by atoms with E-state index in [9.17, 15) is 9.59 Å². The Hall–Kier alpha value is -1.30. The molecule has 0 bridgehead atoms. The summed E-state index contributed by atoms with van der Waals surface area (Å²) in [6.07, 6.45) is -0.613. The number of amides is 2. The Kier molecular flexibility index (Phi) is 7.29. The summed E-state index contributed by atoms with van der Waals surface area (Å²) in [7, 11) is 0. The minimum atomic E-state index is -0.664. The average Bonchev–Trinajstić information content (AvgIpc) is 2.25. The molecule has 3 N–H and O–H groups in total. The molecule has 100 valence electrons. The number of ether oxygens (including phenoxy) is 1. The highest BCUT2D eigenvalue weighted by molar-refractivity contribution is 5.86. The van der Waals surface area contributed by atoms with Gasteiger partial charge < -0.3 is 20.5 Å². The number of hydrogen-bond donors (Lipinski definition) is 3. The molecule has 17 heavy (non-hydrogen) atoms. The molecule has 0 aliphatic heterocycles. The van der Waals surface area contributed by atoms with Crippen molar-refractivity contribution in [3.63, 3.8) is 0 Å². The van der Waals surface area contributed by atoms with Gasteiger partial charge in [0.25, 0.3) is 0 Å². The number of carbonyl (C=O) groups is 2. The molecule has 6 nitrogen and oxygen atoms in total. The van der Waals surface area contributed by atoms with Crippen LogP contribution in [0.5, 0.6) is 0 Å². The quantitative estimate of drug-likeness (QED) is 0.627. The molecule has 2 amide bonds. The lowest BCUT2D eigenvalue weighted by Crippen LogP contribution is -2.52. The summed E-state index contributed by atoms with van der Waals surface area (Å²) in [5.41, 5.74) is 0. The average molecular weight is 246 g/mol. The zero-order valence-electron chi connectivity index (χ0n) is 10.8. The summed E-state index contributed by atoms with van der Waals surface area (Å²) in [4.78, 5) is 23.1. The lowest BCUT2D eigenvalue weighted by Gasteiger charge is -2.22. The SMILES string of the molecule is CCOC(=O)NC(C(=O)NC(C)CO)C(C)C. The zero-order valence-corrected chi connectivity index (χ0v) is 10.8. The van der Waals surface area contributed by atoms with Crippen LogP contribution in [0.25, 0.3) is 0 Å². The van der Waals surface area contributed by atoms with E-state index in [1.165, 1.54) is 0 Å². The van der Waals surface area contributed by atoms with Gasteiger partial charge in [-0.05, 0) is 19.8 Å². The Morgan fingerprint density at radius 3 is 2.24 bits per heavy atom. The fourth-order valence-electron chi connectivity index (χ4n) is 1.21. The third-order valence-corrected chi connectivity index (χ3v) is 2.16. The largest absolute Gasteiger partial charge is 0.450 e. The highest BCUT2D eigenvalue weighted by atomic mass is 16.5. The molecule has 0 saturated carbocycles. The molecule has 0 saturated heterocycles. The minimum absolute atomic E-state index is 0.0645. The van der Waals surface area contributed by atoms with E-state index in [4.69, 9.17) is 9.84 Å². The Labute approximate surface area is 102 Å². The van der Waals surface area contributed by atoms with E-state index >= 15 is 0 Å². The molecule has 6 heteroatoms. The molecule has 0 aliphatic carbocycles. The van der Waals surface area contributed by atoms with Crippen LogP contribution in [0.15, 0.2) is 0 Å². The van der Waals surface area contributed by atoms with Gasteiger partial charge in [-0.2, -0.15) is 0 Å². The van der Waals surface area contributed by atoms with Crippen molar-refractivity contribution >= 4 is 12.0 Å². The molecule has 0 aliphatic rings. The van der Waals surface area contributed by atoms with E-state index < -0.39 is 12.1 Å². The van der Waals surface area contributed by atoms with Gasteiger partial charge in [-0.1, -0.05) is 13.8 Å². The number of nitrogens with one attached hydrogen (secondary N) is 2. The van der Waals surface area contributed by atoms with E-state index in [2.05, 4.69) is 10.6 Å². The zero-order chi connectivity index (χ0) is 13.4. The molecule has 0 heterocycles. The smallest absolute Gasteiger partial charge is 0.407 e. The van der Waals surface area contributed by atoms with Crippen molar-refractivity contribution in [2.45, 2.75) is 39.8 Å². The van der Waals surface area contributed by atoms with Crippen molar-refractivity contribution in [1.82, 2.24) is 10.6 Å². The minimum Gasteiger partial charge on any atom is -0.450 e. The molecular formula is C11H22N2O4. The molecular weight excluding hydrogens is 224 g/mol. The van der Waals surface area contributed by atoms with Crippen molar-refractivity contribution in [3.05, 3.63) is 0 Å². The molecule has 0 aromatic heterocycles. The maximum absolute atomic E-state index is 11.8. The van der Waals surface area contributed by atoms with Crippen LogP contribution in [-0.2, 0) is 9.53 Å². The van der Waals surface area contributed by atoms with E-state index in [1.807, 2.05) is 13.8 Å². The number of alkyl carbamates (subject to hydrolysis) is 1. The van der Waals surface area contributed by atoms with Crippen LogP contribution in [0.1, 0.15) is 27.7 Å². The number of aliphatic hydroxyl groups is 1. The predicted molar refractivity (Wildman–Crippen MR) is 63.5 cm³/mol. The highest BCUT2D eigenvalue weighted by Gasteiger charge is 2.25. The van der Waals surface area contributed by atoms with Crippen molar-refractivity contribution in [2.75, 3.05) is 13.2 Å². The Morgan fingerprint density at radius 2 is 1.82 bits per heavy atom. The second-order valence-corrected chi connectivity index (χ2v) is 4.18. The van der Waals surface area contributed by atoms with Gasteiger partial charge in [0.2, 0.25) is 5.91 Å². The van der Waals surface area contributed by atoms with Gasteiger partial charge in [-0.15, -0.1) is 0 Å². The van der Waals surface area contributed by atoms with Gasteiger partial charge in [0.05, 0.1) is 13.2 Å². The second kappa shape index (κ2) is 7.89. The highest BCUT2D eigenvalue weighted by Crippen LogP contribution is 2.03. The number of aliphatic hydroxyl groups excluding tert-OH is 1. The van der Waals surface area contributed by atoms with E-state index in [0.29, 0.717) is 0 Å². The summed E-state index contributed by atoms with van der Waals surface area (Å²) >= 11 is 0. The first-order chi connectivity index (χ1) is 7.92. The van der Waals surface area contributed by atoms with Crippen molar-refractivity contribution in [2.24, 2.45) is 5.92 Å². The lowest BCUT2D eigenvalue weighted by atomic mass is 10.0. The fourth-order valence-corrected chi connectivity index (χ4v) is 1.21. The molecule has 0 spiro atoms. The normalized spacial score (nSPS) is 14.0. The van der Waals surface area contributed by atoms with Crippen LogP contribution in [0.3, 0.4) is 0 Å². The monoisotopic (exact) mass is 246 g/mol. The van der Waals surface area contributed by atoms with Crippen molar-refractivity contribution in [3.8, 4) is 0 Å². The van der Waals surface area contributed by atoms with E-state index in [-0.39, 0.29) is 31.1 Å². The molecule has 0 aromatic rings. The molecule has 0 aromatic carbocycles. The van der Waals surface area contributed by atoms with Gasteiger partial charge in [0.15, 0.2) is 0 Å². The summed E-state index contributed by atoms with van der Waals surface area (Å²) in [5, 5.41) is 13.9. The van der Waals surface area contributed by atoms with Crippen LogP contribution in [0.2, 0.25) is 0 Å². The van der Waals surface area contributed by atoms with Crippen molar-refractivity contribution in [1.29, 1.82) is 0 Å². The molecule has 2 atom stereocenters. The van der Waals surface area contributed by atoms with Crippen LogP contribution < -0.4 is 10.6 Å². The fraction of sp³-hybridized carbons (Fsp3) is 0.818. The third-order valence-electron chi connectivity index (χ3n) is 2.16. The number of rotatable bonds is 6. The van der Waals surface area contributed by atoms with Crippen LogP contribution in [0, 0.1) is 5.92 Å². The standard InChI is InChI=1S/C11H22N2O4/c1-5-17-11(16)13-9(7(2)3)10(15)12-8(4)6-14/h7-9,14H,5-6H2,1-4H3,(H,12,15)(H,13,16). The van der Waals surface area contributed by atoms with Crippen LogP contribution in [-0.4, -0.2) is 42.4 Å². The molecule has 2 unspecified atom stereocenters. The predicted octanol–water partition coefficient (Wildman–Crippen LogP) is 0.254. The maximum Gasteiger partial charge on any atom is 0.407 e. The Bertz CT molecular complexity index is 256. The maximum atomic E-state index is 11.8. The molecule has 0 radical (unpaired) electrons. The lowest BCUT2D eigenvalue weighted by molar-refractivity contribution is -0.124. The van der Waals surface area contributed by atoms with Gasteiger partial charge in [-0.3, -0.25) is 4.79 Å². The topological polar surface area (TPSA) is 87.7 Å². The first kappa shape index (κ1) is 15.7. The first-order valence-electron chi connectivity index (χ1n) is 5.76. The molecule has 0 fully saturated rings. The van der Waals surface area contributed by atoms with Crippen molar-refractivity contribution < 1.29 is 19.4 Å². The van der Waals surface area contributed by atoms with E-state index in [1.54, 1.807) is 13.8 Å². The summed E-state index contributed by atoms with van der Waals surface area (Å²) < 4.78 is 4.72. The van der Waals surface area contributed by atoms with Gasteiger partial charge in [0, 0.05) is 6.04 Å². The van der Waals surface area contributed by atoms with Gasteiger partial charge >= 0.3 is 6.09 Å². The molecule has 0 rings (SSSR count). The first-order valence-corrected chi connectivity index (χ1v) is 5.76. The number of hydrogen-bond acceptors (Lipinski definition) is 4. The summed E-state index contributed by atoms with van der Waals surface area (Å²) in [5.74, 6) is -0.389. The second-order valence-electron chi connectivity index (χ2n) is 4.18. The summed E-state index contributed by atoms with van der Waals surface area (Å²) in [6, 6.07) is -1.00. The number of carbonyl (C=O) groups excluding carboxylic acids is 2. The van der Waals surface area contributed by atoms with Crippen LogP contribution in [0.4, 0.5) is 4.79 Å². The summed E-state index contributed by atoms with van der Waals surface area (Å²) in [6.45, 7) is 7.12. The Morgan fingerprint density at radius 1 is 1.24 bits per heavy atom. The van der Waals surface area contributed by atoms with E-state index in [0.717, 1.165) is 0 Å².